The van der Waals surface area contributed by atoms with Gasteiger partial charge in [0, 0.05) is 32.0 Å². The summed E-state index contributed by atoms with van der Waals surface area (Å²) in [5, 5.41) is 9.24. The van der Waals surface area contributed by atoms with Crippen LogP contribution in [-0.2, 0) is 20.1 Å². The number of hydrogen-bond acceptors (Lipinski definition) is 4. The molecule has 8 heteroatoms. The maximum absolute atomic E-state index is 12.9. The molecule has 0 aliphatic carbocycles. The molecular weight excluding hydrogens is 310 g/mol. The van der Waals surface area contributed by atoms with Crippen molar-refractivity contribution in [3.8, 4) is 0 Å². The number of aliphatic hydroxyl groups is 1. The molecular formula is C16H23N5O3. The number of rotatable bonds is 5. The van der Waals surface area contributed by atoms with Crippen LogP contribution in [0.2, 0.25) is 0 Å². The molecule has 0 amide bonds. The second kappa shape index (κ2) is 5.94. The van der Waals surface area contributed by atoms with E-state index in [0.29, 0.717) is 35.9 Å². The van der Waals surface area contributed by atoms with Crippen LogP contribution in [0.1, 0.15) is 26.0 Å². The normalized spacial score (nSPS) is 12.1. The fourth-order valence-corrected chi connectivity index (χ4v) is 3.02. The lowest BCUT2D eigenvalue weighted by Gasteiger charge is -2.09. The van der Waals surface area contributed by atoms with Gasteiger partial charge < -0.3 is 9.67 Å². The molecule has 0 aliphatic heterocycles. The summed E-state index contributed by atoms with van der Waals surface area (Å²) >= 11 is 0. The van der Waals surface area contributed by atoms with Gasteiger partial charge in [-0.1, -0.05) is 13.8 Å². The number of aliphatic hydroxyl groups excluding tert-OH is 1. The van der Waals surface area contributed by atoms with Gasteiger partial charge in [-0.05, 0) is 19.3 Å². The number of aryl methyl sites for hydroxylation is 2. The minimum atomic E-state index is -0.348. The minimum absolute atomic E-state index is 0.0219. The summed E-state index contributed by atoms with van der Waals surface area (Å²) in [5.74, 6) is 0.959. The number of aromatic nitrogens is 5. The fraction of sp³-hybridized carbons (Fsp3) is 0.562. The lowest BCUT2D eigenvalue weighted by molar-refractivity contribution is 0.276. The Morgan fingerprint density at radius 1 is 1.21 bits per heavy atom. The second-order valence-electron chi connectivity index (χ2n) is 6.58. The van der Waals surface area contributed by atoms with Gasteiger partial charge in [-0.2, -0.15) is 4.98 Å². The maximum Gasteiger partial charge on any atom is 0.332 e. The molecule has 0 fully saturated rings. The van der Waals surface area contributed by atoms with Gasteiger partial charge in [0.05, 0.1) is 6.61 Å². The number of hydrogen-bond donors (Lipinski definition) is 1. The lowest BCUT2D eigenvalue weighted by atomic mass is 10.1. The van der Waals surface area contributed by atoms with Crippen molar-refractivity contribution >= 4 is 16.9 Å². The molecule has 0 aromatic carbocycles. The van der Waals surface area contributed by atoms with Crippen LogP contribution < -0.4 is 11.2 Å². The summed E-state index contributed by atoms with van der Waals surface area (Å²) < 4.78 is 6.26. The summed E-state index contributed by atoms with van der Waals surface area (Å²) in [6, 6.07) is 0. The first-order chi connectivity index (χ1) is 11.4. The molecule has 0 unspecified atom stereocenters. The Balaban J connectivity index is 2.34. The average Bonchev–Trinajstić information content (AvgIpc) is 3.02. The molecule has 0 bridgehead atoms. The zero-order valence-electron chi connectivity index (χ0n) is 14.5. The van der Waals surface area contributed by atoms with Crippen LogP contribution in [0.3, 0.4) is 0 Å². The molecule has 130 valence electrons. The predicted octanol–water partition coefficient (Wildman–Crippen LogP) is 0.496. The van der Waals surface area contributed by atoms with Gasteiger partial charge in [-0.3, -0.25) is 18.3 Å². The van der Waals surface area contributed by atoms with Crippen LogP contribution in [0.15, 0.2) is 15.8 Å². The van der Waals surface area contributed by atoms with E-state index in [1.54, 1.807) is 11.4 Å². The first-order valence-corrected chi connectivity index (χ1v) is 8.15. The minimum Gasteiger partial charge on any atom is -0.395 e. The summed E-state index contributed by atoms with van der Waals surface area (Å²) in [6.07, 6.45) is 2.58. The van der Waals surface area contributed by atoms with Gasteiger partial charge in [0.1, 0.15) is 0 Å². The van der Waals surface area contributed by atoms with Crippen LogP contribution in [0.4, 0.5) is 0 Å². The van der Waals surface area contributed by atoms with E-state index in [-0.39, 0.29) is 17.9 Å². The third kappa shape index (κ3) is 2.37. The van der Waals surface area contributed by atoms with Gasteiger partial charge in [-0.15, -0.1) is 0 Å². The fourth-order valence-electron chi connectivity index (χ4n) is 3.02. The SMILES string of the molecule is Cc1cn2c3c(=O)n(CCC(C)C)c(=O)n(C)c3nc2n1CCO. The van der Waals surface area contributed by atoms with Gasteiger partial charge >= 0.3 is 5.69 Å². The molecule has 24 heavy (non-hydrogen) atoms. The molecule has 0 aliphatic rings. The average molecular weight is 333 g/mol. The molecule has 0 radical (unpaired) electrons. The van der Waals surface area contributed by atoms with E-state index in [9.17, 15) is 14.7 Å². The third-order valence-corrected chi connectivity index (χ3v) is 4.39. The van der Waals surface area contributed by atoms with Crippen LogP contribution in [0, 0.1) is 12.8 Å². The standard InChI is InChI=1S/C16H23N5O3/c1-10(2)5-6-20-14(23)12-13(18(4)16(20)24)17-15-19(7-8-22)11(3)9-21(12)15/h9-10,22H,5-8H2,1-4H3. The van der Waals surface area contributed by atoms with Gasteiger partial charge in [0.25, 0.3) is 5.56 Å². The smallest absolute Gasteiger partial charge is 0.332 e. The van der Waals surface area contributed by atoms with Gasteiger partial charge in [0.15, 0.2) is 11.2 Å². The van der Waals surface area contributed by atoms with Crippen molar-refractivity contribution in [1.29, 1.82) is 0 Å². The zero-order chi connectivity index (χ0) is 17.6. The molecule has 3 aromatic heterocycles. The van der Waals surface area contributed by atoms with E-state index in [1.165, 1.54) is 9.13 Å². The van der Waals surface area contributed by atoms with Crippen LogP contribution >= 0.6 is 0 Å². The Labute approximate surface area is 138 Å². The summed E-state index contributed by atoms with van der Waals surface area (Å²) in [5.41, 5.74) is 1.00. The molecule has 0 saturated heterocycles. The summed E-state index contributed by atoms with van der Waals surface area (Å²) in [7, 11) is 1.63. The van der Waals surface area contributed by atoms with Crippen LogP contribution in [-0.4, -0.2) is 34.8 Å². The predicted molar refractivity (Wildman–Crippen MR) is 91.5 cm³/mol. The highest BCUT2D eigenvalue weighted by molar-refractivity contribution is 5.75. The Morgan fingerprint density at radius 2 is 1.92 bits per heavy atom. The molecule has 0 saturated carbocycles. The van der Waals surface area contributed by atoms with E-state index < -0.39 is 0 Å². The van der Waals surface area contributed by atoms with E-state index in [2.05, 4.69) is 18.8 Å². The Kier molecular flexibility index (Phi) is 4.08. The van der Waals surface area contributed by atoms with Crippen molar-refractivity contribution in [2.75, 3.05) is 6.61 Å². The highest BCUT2D eigenvalue weighted by Crippen LogP contribution is 2.16. The highest BCUT2D eigenvalue weighted by atomic mass is 16.3. The van der Waals surface area contributed by atoms with Crippen molar-refractivity contribution in [3.63, 3.8) is 0 Å². The summed E-state index contributed by atoms with van der Waals surface area (Å²) in [6.45, 7) is 6.78. The Morgan fingerprint density at radius 3 is 2.54 bits per heavy atom. The molecule has 3 rings (SSSR count). The number of nitrogens with zero attached hydrogens (tertiary/aromatic N) is 5. The van der Waals surface area contributed by atoms with Crippen molar-refractivity contribution in [2.24, 2.45) is 13.0 Å². The van der Waals surface area contributed by atoms with E-state index >= 15 is 0 Å². The van der Waals surface area contributed by atoms with Crippen molar-refractivity contribution in [1.82, 2.24) is 23.1 Å². The Bertz CT molecular complexity index is 1020. The lowest BCUT2D eigenvalue weighted by Crippen LogP contribution is -2.39. The van der Waals surface area contributed by atoms with Gasteiger partial charge in [-0.25, -0.2) is 4.79 Å². The molecule has 0 atom stereocenters. The number of imidazole rings is 2. The first-order valence-electron chi connectivity index (χ1n) is 8.15. The topological polar surface area (TPSA) is 86.5 Å². The molecule has 8 nitrogen and oxygen atoms in total. The van der Waals surface area contributed by atoms with Crippen LogP contribution in [0.25, 0.3) is 16.9 Å². The molecule has 1 N–H and O–H groups in total. The zero-order valence-corrected chi connectivity index (χ0v) is 14.5. The van der Waals surface area contributed by atoms with E-state index in [4.69, 9.17) is 0 Å². The summed E-state index contributed by atoms with van der Waals surface area (Å²) in [4.78, 5) is 29.9. The largest absolute Gasteiger partial charge is 0.395 e. The van der Waals surface area contributed by atoms with Crippen molar-refractivity contribution in [3.05, 3.63) is 32.7 Å². The second-order valence-corrected chi connectivity index (χ2v) is 6.58. The molecule has 3 aromatic rings. The Hall–Kier alpha value is -2.35. The first kappa shape index (κ1) is 16.5. The third-order valence-electron chi connectivity index (χ3n) is 4.39. The quantitative estimate of drug-likeness (QED) is 0.736. The monoisotopic (exact) mass is 333 g/mol. The van der Waals surface area contributed by atoms with Crippen LogP contribution in [0.5, 0.6) is 0 Å². The van der Waals surface area contributed by atoms with Crippen molar-refractivity contribution in [2.45, 2.75) is 40.3 Å². The maximum atomic E-state index is 12.9. The molecule has 3 heterocycles. The van der Waals surface area contributed by atoms with Crippen molar-refractivity contribution < 1.29 is 5.11 Å². The highest BCUT2D eigenvalue weighted by Gasteiger charge is 2.19. The van der Waals surface area contributed by atoms with E-state index in [1.807, 2.05) is 17.7 Å². The van der Waals surface area contributed by atoms with E-state index in [0.717, 1.165) is 12.1 Å². The molecule has 0 spiro atoms. The van der Waals surface area contributed by atoms with Gasteiger partial charge in [0.2, 0.25) is 5.78 Å². The number of fused-ring (bicyclic) bond motifs is 3.